The minimum atomic E-state index is -0.174. The van der Waals surface area contributed by atoms with Crippen LogP contribution in [0.5, 0.6) is 0 Å². The van der Waals surface area contributed by atoms with Crippen LogP contribution in [0, 0.1) is 6.92 Å². The second-order valence-corrected chi connectivity index (χ2v) is 5.83. The highest BCUT2D eigenvalue weighted by Crippen LogP contribution is 2.18. The van der Waals surface area contributed by atoms with Crippen molar-refractivity contribution in [2.24, 2.45) is 5.73 Å². The molecule has 1 atom stereocenters. The Morgan fingerprint density at radius 1 is 1.50 bits per heavy atom. The highest BCUT2D eigenvalue weighted by atomic mass is 79.9. The Morgan fingerprint density at radius 3 is 2.77 bits per heavy atom. The van der Waals surface area contributed by atoms with Crippen LogP contribution in [0.2, 0.25) is 0 Å². The Kier molecular flexibility index (Phi) is 6.52. The van der Waals surface area contributed by atoms with Crippen molar-refractivity contribution in [3.63, 3.8) is 0 Å². The molecule has 1 amide bonds. The molecule has 1 heterocycles. The molecule has 0 aliphatic heterocycles. The molecule has 0 spiro atoms. The Morgan fingerprint density at radius 2 is 2.18 bits per heavy atom. The SMILES string of the molecule is Cc1c(C(=O)N(C)C(C)CN)nnn1-c1cccc(Br)c1.Cl. The van der Waals surface area contributed by atoms with Gasteiger partial charge in [-0.15, -0.1) is 17.5 Å². The van der Waals surface area contributed by atoms with Gasteiger partial charge < -0.3 is 10.6 Å². The Labute approximate surface area is 144 Å². The number of benzene rings is 1. The zero-order chi connectivity index (χ0) is 15.6. The first-order valence-corrected chi connectivity index (χ1v) is 7.40. The molecule has 1 aromatic heterocycles. The fourth-order valence-electron chi connectivity index (χ4n) is 1.91. The first-order chi connectivity index (χ1) is 9.95. The normalized spacial score (nSPS) is 11.7. The van der Waals surface area contributed by atoms with E-state index in [-0.39, 0.29) is 24.4 Å². The van der Waals surface area contributed by atoms with Crippen LogP contribution in [0.3, 0.4) is 0 Å². The number of carbonyl (C=O) groups is 1. The van der Waals surface area contributed by atoms with Crippen molar-refractivity contribution in [1.82, 2.24) is 19.9 Å². The predicted octanol–water partition coefficient (Wildman–Crippen LogP) is 2.18. The predicted molar refractivity (Wildman–Crippen MR) is 91.7 cm³/mol. The van der Waals surface area contributed by atoms with Gasteiger partial charge in [0, 0.05) is 24.1 Å². The van der Waals surface area contributed by atoms with E-state index in [9.17, 15) is 4.79 Å². The first kappa shape index (κ1) is 18.6. The maximum Gasteiger partial charge on any atom is 0.276 e. The highest BCUT2D eigenvalue weighted by Gasteiger charge is 2.23. The number of likely N-dealkylation sites (N-methyl/N-ethyl adjacent to an activating group) is 1. The van der Waals surface area contributed by atoms with Crippen molar-refractivity contribution in [3.05, 3.63) is 40.1 Å². The monoisotopic (exact) mass is 387 g/mol. The first-order valence-electron chi connectivity index (χ1n) is 6.61. The quantitative estimate of drug-likeness (QED) is 0.871. The lowest BCUT2D eigenvalue weighted by Gasteiger charge is -2.22. The van der Waals surface area contributed by atoms with E-state index in [0.29, 0.717) is 17.9 Å². The lowest BCUT2D eigenvalue weighted by Crippen LogP contribution is -2.40. The number of hydrogen-bond acceptors (Lipinski definition) is 4. The van der Waals surface area contributed by atoms with Crippen LogP contribution >= 0.6 is 28.3 Å². The summed E-state index contributed by atoms with van der Waals surface area (Å²) in [7, 11) is 1.72. The molecule has 0 saturated carbocycles. The van der Waals surface area contributed by atoms with Crippen LogP contribution in [0.4, 0.5) is 0 Å². The molecular weight excluding hydrogens is 370 g/mol. The average Bonchev–Trinajstić information content (AvgIpc) is 2.86. The fraction of sp³-hybridized carbons (Fsp3) is 0.357. The summed E-state index contributed by atoms with van der Waals surface area (Å²) in [5, 5.41) is 8.11. The third-order valence-electron chi connectivity index (χ3n) is 3.47. The van der Waals surface area contributed by atoms with E-state index in [0.717, 1.165) is 10.2 Å². The number of aromatic nitrogens is 3. The zero-order valence-corrected chi connectivity index (χ0v) is 15.1. The highest BCUT2D eigenvalue weighted by molar-refractivity contribution is 9.10. The van der Waals surface area contributed by atoms with Gasteiger partial charge in [0.25, 0.3) is 5.91 Å². The molecule has 2 rings (SSSR count). The van der Waals surface area contributed by atoms with E-state index < -0.39 is 0 Å². The molecule has 0 aliphatic carbocycles. The molecule has 0 saturated heterocycles. The van der Waals surface area contributed by atoms with Crippen molar-refractivity contribution in [2.45, 2.75) is 19.9 Å². The number of rotatable bonds is 4. The number of halogens is 2. The maximum atomic E-state index is 12.4. The minimum absolute atomic E-state index is 0. The molecule has 2 aromatic rings. The smallest absolute Gasteiger partial charge is 0.276 e. The summed E-state index contributed by atoms with van der Waals surface area (Å²) in [4.78, 5) is 14.0. The molecule has 0 fully saturated rings. The van der Waals surface area contributed by atoms with Gasteiger partial charge in [-0.25, -0.2) is 4.68 Å². The molecular formula is C14H19BrClN5O. The second kappa shape index (κ2) is 7.71. The molecule has 120 valence electrons. The van der Waals surface area contributed by atoms with Crippen molar-refractivity contribution in [2.75, 3.05) is 13.6 Å². The van der Waals surface area contributed by atoms with Crippen molar-refractivity contribution in [1.29, 1.82) is 0 Å². The van der Waals surface area contributed by atoms with Crippen LogP contribution < -0.4 is 5.73 Å². The Bertz CT molecular complexity index is 660. The van der Waals surface area contributed by atoms with Gasteiger partial charge in [-0.2, -0.15) is 0 Å². The number of carbonyl (C=O) groups excluding carboxylic acids is 1. The van der Waals surface area contributed by atoms with Crippen LogP contribution in [0.25, 0.3) is 5.69 Å². The Balaban J connectivity index is 0.00000242. The summed E-state index contributed by atoms with van der Waals surface area (Å²) in [5.74, 6) is -0.174. The van der Waals surface area contributed by atoms with Crippen LogP contribution in [-0.4, -0.2) is 45.4 Å². The van der Waals surface area contributed by atoms with E-state index in [2.05, 4.69) is 26.2 Å². The lowest BCUT2D eigenvalue weighted by atomic mass is 10.2. The van der Waals surface area contributed by atoms with Gasteiger partial charge >= 0.3 is 0 Å². The van der Waals surface area contributed by atoms with Gasteiger partial charge in [-0.05, 0) is 32.0 Å². The van der Waals surface area contributed by atoms with Gasteiger partial charge in [-0.1, -0.05) is 27.2 Å². The lowest BCUT2D eigenvalue weighted by molar-refractivity contribution is 0.0741. The molecule has 2 N–H and O–H groups in total. The van der Waals surface area contributed by atoms with E-state index in [4.69, 9.17) is 5.73 Å². The van der Waals surface area contributed by atoms with Crippen molar-refractivity contribution in [3.8, 4) is 5.69 Å². The standard InChI is InChI=1S/C14H18BrN5O.ClH/c1-9(8-16)19(3)14(21)13-10(2)20(18-17-13)12-6-4-5-11(15)7-12;/h4-7,9H,8,16H2,1-3H3;1H. The third kappa shape index (κ3) is 3.66. The van der Waals surface area contributed by atoms with Crippen LogP contribution in [0.1, 0.15) is 23.1 Å². The van der Waals surface area contributed by atoms with Gasteiger partial charge in [0.1, 0.15) is 0 Å². The molecule has 0 radical (unpaired) electrons. The van der Waals surface area contributed by atoms with E-state index >= 15 is 0 Å². The van der Waals surface area contributed by atoms with Gasteiger partial charge in [0.2, 0.25) is 0 Å². The summed E-state index contributed by atoms with van der Waals surface area (Å²) < 4.78 is 2.59. The van der Waals surface area contributed by atoms with Crippen molar-refractivity contribution >= 4 is 34.2 Å². The summed E-state index contributed by atoms with van der Waals surface area (Å²) >= 11 is 3.42. The van der Waals surface area contributed by atoms with E-state index in [1.165, 1.54) is 0 Å². The van der Waals surface area contributed by atoms with Crippen LogP contribution in [-0.2, 0) is 0 Å². The van der Waals surface area contributed by atoms with Crippen molar-refractivity contribution < 1.29 is 4.79 Å². The number of nitrogens with two attached hydrogens (primary N) is 1. The molecule has 0 aliphatic rings. The van der Waals surface area contributed by atoms with E-state index in [1.54, 1.807) is 16.6 Å². The van der Waals surface area contributed by atoms with E-state index in [1.807, 2.05) is 38.1 Å². The molecule has 6 nitrogen and oxygen atoms in total. The summed E-state index contributed by atoms with van der Waals surface area (Å²) in [5.41, 5.74) is 7.50. The molecule has 22 heavy (non-hydrogen) atoms. The summed E-state index contributed by atoms with van der Waals surface area (Å²) in [6, 6.07) is 7.62. The van der Waals surface area contributed by atoms with Gasteiger partial charge in [0.05, 0.1) is 11.4 Å². The molecule has 1 aromatic carbocycles. The number of hydrogen-bond donors (Lipinski definition) is 1. The van der Waals surface area contributed by atoms with Gasteiger partial charge in [-0.3, -0.25) is 4.79 Å². The number of nitrogens with zero attached hydrogens (tertiary/aromatic N) is 4. The third-order valence-corrected chi connectivity index (χ3v) is 3.97. The number of amides is 1. The molecule has 1 unspecified atom stereocenters. The largest absolute Gasteiger partial charge is 0.336 e. The average molecular weight is 389 g/mol. The topological polar surface area (TPSA) is 77.0 Å². The summed E-state index contributed by atoms with van der Waals surface area (Å²) in [6.45, 7) is 4.13. The maximum absolute atomic E-state index is 12.4. The minimum Gasteiger partial charge on any atom is -0.336 e. The van der Waals surface area contributed by atoms with Crippen LogP contribution in [0.15, 0.2) is 28.7 Å². The molecule has 0 bridgehead atoms. The fourth-order valence-corrected chi connectivity index (χ4v) is 2.29. The Hall–Kier alpha value is -1.44. The second-order valence-electron chi connectivity index (χ2n) is 4.92. The molecule has 8 heteroatoms. The van der Waals surface area contributed by atoms with Gasteiger partial charge in [0.15, 0.2) is 5.69 Å². The summed E-state index contributed by atoms with van der Waals surface area (Å²) in [6.07, 6.45) is 0. The zero-order valence-electron chi connectivity index (χ0n) is 12.7.